The quantitative estimate of drug-likeness (QED) is 0.857. The number of ether oxygens (including phenoxy) is 1. The lowest BCUT2D eigenvalue weighted by Gasteiger charge is -2.35. The third-order valence-corrected chi connectivity index (χ3v) is 6.46. The van der Waals surface area contributed by atoms with Crippen LogP contribution in [0.4, 0.5) is 4.39 Å². The van der Waals surface area contributed by atoms with E-state index in [0.717, 1.165) is 0 Å². The molecule has 26 heavy (non-hydrogen) atoms. The van der Waals surface area contributed by atoms with Crippen LogP contribution >= 0.6 is 12.4 Å². The Kier molecular flexibility index (Phi) is 6.63. The number of sulfonamides is 1. The average Bonchev–Trinajstić information content (AvgIpc) is 2.61. The monoisotopic (exact) mass is 400 g/mol. The molecular formula is C18H22ClFN2O3S. The summed E-state index contributed by atoms with van der Waals surface area (Å²) in [7, 11) is -2.17. The fourth-order valence-corrected chi connectivity index (χ4v) is 4.96. The van der Waals surface area contributed by atoms with E-state index in [1.54, 1.807) is 44.4 Å². The molecule has 1 saturated heterocycles. The number of benzene rings is 2. The third kappa shape index (κ3) is 4.01. The van der Waals surface area contributed by atoms with Gasteiger partial charge in [0.1, 0.15) is 11.6 Å². The lowest BCUT2D eigenvalue weighted by molar-refractivity contribution is 0.271. The van der Waals surface area contributed by atoms with Crippen LogP contribution in [0.25, 0.3) is 0 Å². The van der Waals surface area contributed by atoms with E-state index in [1.807, 2.05) is 0 Å². The molecule has 3 rings (SSSR count). The molecule has 1 unspecified atom stereocenters. The Morgan fingerprint density at radius 1 is 1.23 bits per heavy atom. The Hall–Kier alpha value is -1.67. The maximum atomic E-state index is 13.6. The standard InChI is InChI=1S/C18H21FN2O3S.ClH/c1-13-10-16(24-2)6-7-18(13)25(22,23)21-9-8-20-12-17(21)14-4-3-5-15(19)11-14;/h3-7,10-11,17,20H,8-9,12H2,1-2H3;1H. The summed E-state index contributed by atoms with van der Waals surface area (Å²) >= 11 is 0. The van der Waals surface area contributed by atoms with Gasteiger partial charge in [-0.25, -0.2) is 12.8 Å². The molecule has 1 aliphatic heterocycles. The van der Waals surface area contributed by atoms with Crippen LogP contribution < -0.4 is 10.1 Å². The van der Waals surface area contributed by atoms with Gasteiger partial charge in [-0.15, -0.1) is 12.4 Å². The average molecular weight is 401 g/mol. The number of hydrogen-bond donors (Lipinski definition) is 1. The number of halogens is 2. The number of nitrogens with zero attached hydrogens (tertiary/aromatic N) is 1. The molecule has 1 heterocycles. The first-order valence-corrected chi connectivity index (χ1v) is 9.50. The van der Waals surface area contributed by atoms with E-state index >= 15 is 0 Å². The first kappa shape index (κ1) is 20.6. The summed E-state index contributed by atoms with van der Waals surface area (Å²) in [5, 5.41) is 3.19. The number of nitrogens with one attached hydrogen (secondary N) is 1. The highest BCUT2D eigenvalue weighted by Gasteiger charge is 2.35. The van der Waals surface area contributed by atoms with Crippen molar-refractivity contribution < 1.29 is 17.5 Å². The van der Waals surface area contributed by atoms with E-state index in [2.05, 4.69) is 5.32 Å². The van der Waals surface area contributed by atoms with Gasteiger partial charge in [0, 0.05) is 19.6 Å². The molecule has 0 aromatic heterocycles. The number of aryl methyl sites for hydroxylation is 1. The van der Waals surface area contributed by atoms with Crippen LogP contribution in [0.2, 0.25) is 0 Å². The number of piperazine rings is 1. The Balaban J connectivity index is 0.00000243. The first-order chi connectivity index (χ1) is 11.9. The van der Waals surface area contributed by atoms with Crippen molar-refractivity contribution in [3.63, 3.8) is 0 Å². The fraction of sp³-hybridized carbons (Fsp3) is 0.333. The van der Waals surface area contributed by atoms with Crippen LogP contribution in [0.15, 0.2) is 47.4 Å². The summed E-state index contributed by atoms with van der Waals surface area (Å²) in [6.45, 7) is 3.07. The summed E-state index contributed by atoms with van der Waals surface area (Å²) in [5.74, 6) is 0.236. The topological polar surface area (TPSA) is 58.6 Å². The summed E-state index contributed by atoms with van der Waals surface area (Å²) < 4.78 is 46.7. The van der Waals surface area contributed by atoms with Gasteiger partial charge in [-0.2, -0.15) is 4.31 Å². The molecule has 0 aliphatic carbocycles. The van der Waals surface area contributed by atoms with Crippen LogP contribution in [0, 0.1) is 12.7 Å². The maximum absolute atomic E-state index is 13.6. The molecule has 142 valence electrons. The van der Waals surface area contributed by atoms with E-state index < -0.39 is 16.1 Å². The minimum Gasteiger partial charge on any atom is -0.497 e. The molecule has 1 aliphatic rings. The summed E-state index contributed by atoms with van der Waals surface area (Å²) in [4.78, 5) is 0.247. The highest BCUT2D eigenvalue weighted by Crippen LogP contribution is 2.31. The van der Waals surface area contributed by atoms with Crippen molar-refractivity contribution in [2.45, 2.75) is 17.9 Å². The predicted molar refractivity (Wildman–Crippen MR) is 101 cm³/mol. The normalized spacial score (nSPS) is 18.2. The molecule has 0 radical (unpaired) electrons. The second kappa shape index (κ2) is 8.35. The Morgan fingerprint density at radius 2 is 2.00 bits per heavy atom. The zero-order chi connectivity index (χ0) is 18.0. The number of methoxy groups -OCH3 is 1. The van der Waals surface area contributed by atoms with Gasteiger partial charge in [-0.1, -0.05) is 12.1 Å². The highest BCUT2D eigenvalue weighted by atomic mass is 35.5. The second-order valence-corrected chi connectivity index (χ2v) is 7.88. The fourth-order valence-electron chi connectivity index (χ4n) is 3.14. The van der Waals surface area contributed by atoms with Crippen molar-refractivity contribution in [3.05, 3.63) is 59.4 Å². The van der Waals surface area contributed by atoms with Gasteiger partial charge < -0.3 is 10.1 Å². The summed E-state index contributed by atoms with van der Waals surface area (Å²) in [6, 6.07) is 10.6. The molecular weight excluding hydrogens is 379 g/mol. The summed E-state index contributed by atoms with van der Waals surface area (Å²) in [5.41, 5.74) is 1.26. The van der Waals surface area contributed by atoms with Crippen molar-refractivity contribution in [2.75, 3.05) is 26.7 Å². The van der Waals surface area contributed by atoms with Crippen molar-refractivity contribution >= 4 is 22.4 Å². The van der Waals surface area contributed by atoms with Gasteiger partial charge >= 0.3 is 0 Å². The molecule has 1 atom stereocenters. The zero-order valence-corrected chi connectivity index (χ0v) is 16.2. The molecule has 8 heteroatoms. The van der Waals surface area contributed by atoms with Crippen molar-refractivity contribution in [1.29, 1.82) is 0 Å². The van der Waals surface area contributed by atoms with Crippen LogP contribution in [-0.4, -0.2) is 39.5 Å². The number of hydrogen-bond acceptors (Lipinski definition) is 4. The van der Waals surface area contributed by atoms with Crippen LogP contribution in [-0.2, 0) is 10.0 Å². The van der Waals surface area contributed by atoms with Crippen LogP contribution in [0.5, 0.6) is 5.75 Å². The van der Waals surface area contributed by atoms with Gasteiger partial charge in [0.05, 0.1) is 18.0 Å². The molecule has 5 nitrogen and oxygen atoms in total. The molecule has 0 amide bonds. The lowest BCUT2D eigenvalue weighted by atomic mass is 10.1. The van der Waals surface area contributed by atoms with E-state index in [0.29, 0.717) is 36.5 Å². The van der Waals surface area contributed by atoms with Gasteiger partial charge in [-0.05, 0) is 48.4 Å². The van der Waals surface area contributed by atoms with Crippen LogP contribution in [0.3, 0.4) is 0 Å². The van der Waals surface area contributed by atoms with Crippen LogP contribution in [0.1, 0.15) is 17.2 Å². The van der Waals surface area contributed by atoms with E-state index in [1.165, 1.54) is 16.4 Å². The van der Waals surface area contributed by atoms with Gasteiger partial charge in [-0.3, -0.25) is 0 Å². The summed E-state index contributed by atoms with van der Waals surface area (Å²) in [6.07, 6.45) is 0. The molecule has 1 fully saturated rings. The molecule has 0 saturated carbocycles. The van der Waals surface area contributed by atoms with E-state index in [9.17, 15) is 12.8 Å². The highest BCUT2D eigenvalue weighted by molar-refractivity contribution is 7.89. The van der Waals surface area contributed by atoms with Crippen molar-refractivity contribution in [1.82, 2.24) is 9.62 Å². The van der Waals surface area contributed by atoms with Gasteiger partial charge in [0.25, 0.3) is 0 Å². The van der Waals surface area contributed by atoms with E-state index in [-0.39, 0.29) is 23.1 Å². The molecule has 0 spiro atoms. The lowest BCUT2D eigenvalue weighted by Crippen LogP contribution is -2.48. The van der Waals surface area contributed by atoms with Crippen molar-refractivity contribution in [3.8, 4) is 5.75 Å². The Morgan fingerprint density at radius 3 is 2.65 bits per heavy atom. The minimum absolute atomic E-state index is 0. The predicted octanol–water partition coefficient (Wildman–Crippen LogP) is 2.90. The van der Waals surface area contributed by atoms with Crippen molar-refractivity contribution in [2.24, 2.45) is 0 Å². The molecule has 1 N–H and O–H groups in total. The second-order valence-electron chi connectivity index (χ2n) is 6.02. The molecule has 0 bridgehead atoms. The van der Waals surface area contributed by atoms with Gasteiger partial charge in [0.2, 0.25) is 10.0 Å². The molecule has 2 aromatic carbocycles. The maximum Gasteiger partial charge on any atom is 0.243 e. The van der Waals surface area contributed by atoms with E-state index in [4.69, 9.17) is 4.74 Å². The SMILES string of the molecule is COc1ccc(S(=O)(=O)N2CCNCC2c2cccc(F)c2)c(C)c1.Cl. The zero-order valence-electron chi connectivity index (χ0n) is 14.6. The third-order valence-electron chi connectivity index (χ3n) is 4.40. The number of rotatable bonds is 4. The smallest absolute Gasteiger partial charge is 0.243 e. The minimum atomic E-state index is -3.71. The Labute approximate surface area is 159 Å². The largest absolute Gasteiger partial charge is 0.497 e. The first-order valence-electron chi connectivity index (χ1n) is 8.06. The molecule has 2 aromatic rings. The van der Waals surface area contributed by atoms with Gasteiger partial charge in [0.15, 0.2) is 0 Å². The Bertz CT molecular complexity index is 876.